The average Bonchev–Trinajstić information content (AvgIpc) is 2.37. The topological polar surface area (TPSA) is 64.4 Å². The Labute approximate surface area is 118 Å². The summed E-state index contributed by atoms with van der Waals surface area (Å²) in [6, 6.07) is 5.19. The lowest BCUT2D eigenvalue weighted by Crippen LogP contribution is -2.33. The molecule has 1 aliphatic heterocycles. The highest BCUT2D eigenvalue weighted by molar-refractivity contribution is 5.85. The number of halogens is 1. The molecule has 1 N–H and O–H groups in total. The number of nitrogens with one attached hydrogen (secondary N) is 1. The van der Waals surface area contributed by atoms with Crippen molar-refractivity contribution in [1.29, 1.82) is 0 Å². The zero-order valence-electron chi connectivity index (χ0n) is 10.9. The van der Waals surface area contributed by atoms with Crippen molar-refractivity contribution in [3.05, 3.63) is 33.9 Å². The summed E-state index contributed by atoms with van der Waals surface area (Å²) in [6.07, 6.45) is 2.26. The van der Waals surface area contributed by atoms with E-state index < -0.39 is 0 Å². The van der Waals surface area contributed by atoms with E-state index in [1.54, 1.807) is 25.1 Å². The fraction of sp³-hybridized carbons (Fsp3) is 0.538. The molecule has 1 aromatic rings. The molecule has 0 radical (unpaired) electrons. The smallest absolute Gasteiger partial charge is 0.313 e. The van der Waals surface area contributed by atoms with E-state index in [-0.39, 0.29) is 23.0 Å². The maximum absolute atomic E-state index is 11.0. The van der Waals surface area contributed by atoms with Crippen LogP contribution >= 0.6 is 12.4 Å². The van der Waals surface area contributed by atoms with E-state index in [9.17, 15) is 10.1 Å². The molecule has 0 aromatic heterocycles. The first-order valence-electron chi connectivity index (χ1n) is 6.26. The minimum Gasteiger partial charge on any atom is -0.486 e. The normalized spacial score (nSPS) is 18.5. The van der Waals surface area contributed by atoms with E-state index >= 15 is 0 Å². The highest BCUT2D eigenvalue weighted by Gasteiger charge is 2.20. The van der Waals surface area contributed by atoms with Crippen LogP contribution in [0.2, 0.25) is 0 Å². The Kier molecular flexibility index (Phi) is 6.05. The molecule has 1 heterocycles. The van der Waals surface area contributed by atoms with Gasteiger partial charge in [0.1, 0.15) is 0 Å². The van der Waals surface area contributed by atoms with Gasteiger partial charge in [-0.15, -0.1) is 12.4 Å². The van der Waals surface area contributed by atoms with Crippen molar-refractivity contribution in [3.63, 3.8) is 0 Å². The van der Waals surface area contributed by atoms with Crippen molar-refractivity contribution in [2.75, 3.05) is 19.7 Å². The fourth-order valence-electron chi connectivity index (χ4n) is 2.26. The van der Waals surface area contributed by atoms with Crippen molar-refractivity contribution >= 4 is 18.1 Å². The number of aryl methyl sites for hydroxylation is 1. The molecule has 0 saturated carbocycles. The van der Waals surface area contributed by atoms with Gasteiger partial charge in [0.15, 0.2) is 5.75 Å². The standard InChI is InChI=1S/C13H18N2O3.ClH/c1-10-4-2-6-12(13(10)15(16)17)18-9-11-5-3-7-14-8-11;/h2,4,6,11,14H,3,5,7-9H2,1H3;1H. The predicted molar refractivity (Wildman–Crippen MR) is 76.2 cm³/mol. The molecule has 1 fully saturated rings. The molecule has 0 spiro atoms. The number of nitro benzene ring substituents is 1. The fourth-order valence-corrected chi connectivity index (χ4v) is 2.26. The summed E-state index contributed by atoms with van der Waals surface area (Å²) in [5, 5.41) is 14.3. The van der Waals surface area contributed by atoms with Gasteiger partial charge in [-0.05, 0) is 32.4 Å². The molecule has 6 heteroatoms. The largest absolute Gasteiger partial charge is 0.486 e. The SMILES string of the molecule is Cc1cccc(OCC2CCCNC2)c1[N+](=O)[O-].Cl. The van der Waals surface area contributed by atoms with Crippen molar-refractivity contribution < 1.29 is 9.66 Å². The average molecular weight is 287 g/mol. The quantitative estimate of drug-likeness (QED) is 0.683. The van der Waals surface area contributed by atoms with Crippen LogP contribution < -0.4 is 10.1 Å². The van der Waals surface area contributed by atoms with Crippen molar-refractivity contribution in [3.8, 4) is 5.75 Å². The third-order valence-electron chi connectivity index (χ3n) is 3.26. The van der Waals surface area contributed by atoms with Crippen molar-refractivity contribution in [2.45, 2.75) is 19.8 Å². The van der Waals surface area contributed by atoms with Gasteiger partial charge in [-0.25, -0.2) is 0 Å². The van der Waals surface area contributed by atoms with E-state index in [1.165, 1.54) is 0 Å². The number of ether oxygens (including phenoxy) is 1. The highest BCUT2D eigenvalue weighted by atomic mass is 35.5. The van der Waals surface area contributed by atoms with Crippen LogP contribution in [0.25, 0.3) is 0 Å². The Balaban J connectivity index is 0.00000180. The summed E-state index contributed by atoms with van der Waals surface area (Å²) in [5.74, 6) is 0.824. The number of rotatable bonds is 4. The molecule has 1 unspecified atom stereocenters. The highest BCUT2D eigenvalue weighted by Crippen LogP contribution is 2.30. The Hall–Kier alpha value is -1.33. The summed E-state index contributed by atoms with van der Waals surface area (Å²) in [4.78, 5) is 10.6. The Morgan fingerprint density at radius 1 is 1.53 bits per heavy atom. The lowest BCUT2D eigenvalue weighted by atomic mass is 10.0. The second-order valence-electron chi connectivity index (χ2n) is 4.70. The number of hydrogen-bond donors (Lipinski definition) is 1. The van der Waals surface area contributed by atoms with Crippen LogP contribution in [0, 0.1) is 23.0 Å². The van der Waals surface area contributed by atoms with Crippen LogP contribution in [-0.2, 0) is 0 Å². The predicted octanol–water partition coefficient (Wildman–Crippen LogP) is 2.70. The number of benzene rings is 1. The van der Waals surface area contributed by atoms with Crippen LogP contribution in [0.3, 0.4) is 0 Å². The van der Waals surface area contributed by atoms with Crippen molar-refractivity contribution in [1.82, 2.24) is 5.32 Å². The second kappa shape index (κ2) is 7.31. The third-order valence-corrected chi connectivity index (χ3v) is 3.26. The Bertz CT molecular complexity index is 434. The number of hydrogen-bond acceptors (Lipinski definition) is 4. The molecule has 1 aliphatic rings. The number of nitrogens with zero attached hydrogens (tertiary/aromatic N) is 1. The van der Waals surface area contributed by atoms with Gasteiger partial charge in [-0.1, -0.05) is 12.1 Å². The Morgan fingerprint density at radius 2 is 2.32 bits per heavy atom. The van der Waals surface area contributed by atoms with Gasteiger partial charge in [-0.2, -0.15) is 0 Å². The summed E-state index contributed by atoms with van der Waals surface area (Å²) in [6.45, 7) is 4.26. The molecule has 1 atom stereocenters. The zero-order chi connectivity index (χ0) is 13.0. The van der Waals surface area contributed by atoms with Crippen LogP contribution in [0.1, 0.15) is 18.4 Å². The van der Waals surface area contributed by atoms with Gasteiger partial charge < -0.3 is 10.1 Å². The molecule has 1 aromatic carbocycles. The maximum atomic E-state index is 11.0. The molecule has 1 saturated heterocycles. The van der Waals surface area contributed by atoms with E-state index in [1.807, 2.05) is 0 Å². The van der Waals surface area contributed by atoms with E-state index in [0.29, 0.717) is 23.8 Å². The number of piperidine rings is 1. The van der Waals surface area contributed by atoms with Gasteiger partial charge in [-0.3, -0.25) is 10.1 Å². The van der Waals surface area contributed by atoms with Crippen LogP contribution in [-0.4, -0.2) is 24.6 Å². The van der Waals surface area contributed by atoms with Gasteiger partial charge in [0.25, 0.3) is 0 Å². The molecular formula is C13H19ClN2O3. The minimum atomic E-state index is -0.371. The van der Waals surface area contributed by atoms with Gasteiger partial charge >= 0.3 is 5.69 Å². The summed E-state index contributed by atoms with van der Waals surface area (Å²) >= 11 is 0. The first-order valence-corrected chi connectivity index (χ1v) is 6.26. The number of nitro groups is 1. The van der Waals surface area contributed by atoms with Gasteiger partial charge in [0.05, 0.1) is 11.5 Å². The van der Waals surface area contributed by atoms with Gasteiger partial charge in [0, 0.05) is 18.0 Å². The molecule has 0 aliphatic carbocycles. The Morgan fingerprint density at radius 3 is 2.95 bits per heavy atom. The first kappa shape index (κ1) is 15.7. The summed E-state index contributed by atoms with van der Waals surface area (Å²) in [7, 11) is 0. The second-order valence-corrected chi connectivity index (χ2v) is 4.70. The lowest BCUT2D eigenvalue weighted by Gasteiger charge is -2.22. The molecule has 5 nitrogen and oxygen atoms in total. The number of para-hydroxylation sites is 1. The molecule has 0 amide bonds. The van der Waals surface area contributed by atoms with Crippen LogP contribution in [0.5, 0.6) is 5.75 Å². The van der Waals surface area contributed by atoms with E-state index in [0.717, 1.165) is 25.9 Å². The minimum absolute atomic E-state index is 0. The molecular weight excluding hydrogens is 268 g/mol. The van der Waals surface area contributed by atoms with E-state index in [2.05, 4.69) is 5.32 Å². The monoisotopic (exact) mass is 286 g/mol. The van der Waals surface area contributed by atoms with Crippen LogP contribution in [0.15, 0.2) is 18.2 Å². The van der Waals surface area contributed by atoms with E-state index in [4.69, 9.17) is 4.74 Å². The molecule has 106 valence electrons. The zero-order valence-corrected chi connectivity index (χ0v) is 11.7. The summed E-state index contributed by atoms with van der Waals surface area (Å²) in [5.41, 5.74) is 0.723. The molecule has 19 heavy (non-hydrogen) atoms. The van der Waals surface area contributed by atoms with Gasteiger partial charge in [0.2, 0.25) is 0 Å². The summed E-state index contributed by atoms with van der Waals surface area (Å²) < 4.78 is 5.64. The lowest BCUT2D eigenvalue weighted by molar-refractivity contribution is -0.386. The van der Waals surface area contributed by atoms with Crippen molar-refractivity contribution in [2.24, 2.45) is 5.92 Å². The maximum Gasteiger partial charge on any atom is 0.313 e. The molecule has 2 rings (SSSR count). The third kappa shape index (κ3) is 4.08. The van der Waals surface area contributed by atoms with Crippen LogP contribution in [0.4, 0.5) is 5.69 Å². The molecule has 0 bridgehead atoms. The first-order chi connectivity index (χ1) is 8.68.